The van der Waals surface area contributed by atoms with Crippen LogP contribution in [0.25, 0.3) is 0 Å². The number of hydrogen-bond donors (Lipinski definition) is 1. The first-order valence-electron chi connectivity index (χ1n) is 5.67. The second kappa shape index (κ2) is 5.64. The lowest BCUT2D eigenvalue weighted by molar-refractivity contribution is 0.207. The van der Waals surface area contributed by atoms with E-state index < -0.39 is 6.10 Å². The average Bonchev–Trinajstić information content (AvgIpc) is 2.78. The zero-order valence-electron chi connectivity index (χ0n) is 9.68. The molecule has 17 heavy (non-hydrogen) atoms. The van der Waals surface area contributed by atoms with Crippen molar-refractivity contribution >= 4 is 22.6 Å². The van der Waals surface area contributed by atoms with E-state index in [1.807, 2.05) is 35.0 Å². The van der Waals surface area contributed by atoms with Gasteiger partial charge in [-0.1, -0.05) is 19.1 Å². The number of aryl methyl sites for hydroxylation is 1. The normalized spacial score (nSPS) is 12.6. The van der Waals surface area contributed by atoms with Gasteiger partial charge in [-0.3, -0.25) is 4.68 Å². The molecule has 0 radical (unpaired) electrons. The van der Waals surface area contributed by atoms with Crippen molar-refractivity contribution in [2.45, 2.75) is 26.0 Å². The fourth-order valence-corrected chi connectivity index (χ4v) is 2.15. The van der Waals surface area contributed by atoms with Gasteiger partial charge in [-0.05, 0) is 52.8 Å². The molecule has 0 aliphatic carbocycles. The highest BCUT2D eigenvalue weighted by molar-refractivity contribution is 14.1. The average molecular weight is 342 g/mol. The molecular weight excluding hydrogens is 327 g/mol. The quantitative estimate of drug-likeness (QED) is 0.868. The van der Waals surface area contributed by atoms with Crippen LogP contribution in [0.5, 0.6) is 0 Å². The highest BCUT2D eigenvalue weighted by Crippen LogP contribution is 2.22. The summed E-state index contributed by atoms with van der Waals surface area (Å²) < 4.78 is 3.03. The molecule has 90 valence electrons. The molecule has 0 saturated heterocycles. The molecule has 1 heterocycles. The van der Waals surface area contributed by atoms with Crippen molar-refractivity contribution in [2.24, 2.45) is 0 Å². The maximum absolute atomic E-state index is 10.3. The summed E-state index contributed by atoms with van der Waals surface area (Å²) in [5, 5.41) is 14.5. The molecule has 1 N–H and O–H groups in total. The Kier molecular flexibility index (Phi) is 4.17. The topological polar surface area (TPSA) is 38.0 Å². The van der Waals surface area contributed by atoms with Gasteiger partial charge in [0.25, 0.3) is 0 Å². The lowest BCUT2D eigenvalue weighted by Gasteiger charge is -2.13. The largest absolute Gasteiger partial charge is 0.382 e. The van der Waals surface area contributed by atoms with E-state index in [9.17, 15) is 5.11 Å². The summed E-state index contributed by atoms with van der Waals surface area (Å²) >= 11 is 2.25. The molecule has 1 unspecified atom stereocenters. The van der Waals surface area contributed by atoms with Crippen molar-refractivity contribution < 1.29 is 5.11 Å². The van der Waals surface area contributed by atoms with Crippen molar-refractivity contribution in [3.05, 3.63) is 51.4 Å². The summed E-state index contributed by atoms with van der Waals surface area (Å²) in [5.41, 5.74) is 1.76. The zero-order chi connectivity index (χ0) is 12.3. The van der Waals surface area contributed by atoms with Gasteiger partial charge in [0, 0.05) is 16.3 Å². The first-order valence-corrected chi connectivity index (χ1v) is 6.75. The molecular formula is C13H15IN2O. The van der Waals surface area contributed by atoms with Crippen molar-refractivity contribution in [3.63, 3.8) is 0 Å². The second-order valence-corrected chi connectivity index (χ2v) is 5.18. The smallest absolute Gasteiger partial charge is 0.121 e. The minimum Gasteiger partial charge on any atom is -0.382 e. The molecule has 1 aromatic carbocycles. The van der Waals surface area contributed by atoms with Crippen LogP contribution in [0.4, 0.5) is 0 Å². The van der Waals surface area contributed by atoms with Crippen LogP contribution in [-0.4, -0.2) is 14.9 Å². The Labute approximate surface area is 115 Å². The summed E-state index contributed by atoms with van der Waals surface area (Å²) in [5.74, 6) is 0. The third kappa shape index (κ3) is 2.87. The van der Waals surface area contributed by atoms with E-state index in [1.165, 1.54) is 3.57 Å². The molecule has 0 amide bonds. The highest BCUT2D eigenvalue weighted by Gasteiger charge is 2.14. The van der Waals surface area contributed by atoms with Gasteiger partial charge in [0.1, 0.15) is 6.10 Å². The van der Waals surface area contributed by atoms with Gasteiger partial charge in [-0.25, -0.2) is 0 Å². The predicted molar refractivity (Wildman–Crippen MR) is 75.7 cm³/mol. The van der Waals surface area contributed by atoms with Gasteiger partial charge in [0.05, 0.1) is 5.69 Å². The molecule has 0 saturated carbocycles. The van der Waals surface area contributed by atoms with E-state index in [0.717, 1.165) is 24.2 Å². The Morgan fingerprint density at radius 1 is 1.29 bits per heavy atom. The number of halogens is 1. The number of hydrogen-bond acceptors (Lipinski definition) is 2. The molecule has 2 aromatic rings. The summed E-state index contributed by atoms with van der Waals surface area (Å²) in [6.07, 6.45) is 2.15. The SMILES string of the molecule is CCCn1nccc1C(O)c1ccc(I)cc1. The summed E-state index contributed by atoms with van der Waals surface area (Å²) in [6.45, 7) is 2.94. The monoisotopic (exact) mass is 342 g/mol. The maximum atomic E-state index is 10.3. The van der Waals surface area contributed by atoms with E-state index in [0.29, 0.717) is 0 Å². The third-order valence-corrected chi connectivity index (χ3v) is 3.37. The highest BCUT2D eigenvalue weighted by atomic mass is 127. The Bertz CT molecular complexity index is 478. The summed E-state index contributed by atoms with van der Waals surface area (Å²) in [6, 6.07) is 9.78. The maximum Gasteiger partial charge on any atom is 0.121 e. The molecule has 0 fully saturated rings. The van der Waals surface area contributed by atoms with Crippen LogP contribution >= 0.6 is 22.6 Å². The van der Waals surface area contributed by atoms with Crippen LogP contribution in [0.2, 0.25) is 0 Å². The van der Waals surface area contributed by atoms with Gasteiger partial charge in [-0.2, -0.15) is 5.10 Å². The molecule has 0 aliphatic rings. The van der Waals surface area contributed by atoms with E-state index in [4.69, 9.17) is 0 Å². The molecule has 1 aromatic heterocycles. The molecule has 4 heteroatoms. The van der Waals surface area contributed by atoms with E-state index in [2.05, 4.69) is 34.6 Å². The third-order valence-electron chi connectivity index (χ3n) is 2.65. The van der Waals surface area contributed by atoms with Crippen LogP contribution in [0.1, 0.15) is 30.7 Å². The Morgan fingerprint density at radius 2 is 2.00 bits per heavy atom. The van der Waals surface area contributed by atoms with Crippen molar-refractivity contribution in [1.82, 2.24) is 9.78 Å². The Hall–Kier alpha value is -0.880. The number of nitrogens with zero attached hydrogens (tertiary/aromatic N) is 2. The number of benzene rings is 1. The Morgan fingerprint density at radius 3 is 2.65 bits per heavy atom. The summed E-state index contributed by atoms with van der Waals surface area (Å²) in [4.78, 5) is 0. The van der Waals surface area contributed by atoms with Crippen molar-refractivity contribution in [2.75, 3.05) is 0 Å². The number of aliphatic hydroxyl groups is 1. The standard InChI is InChI=1S/C13H15IN2O/c1-2-9-16-12(7-8-15-16)13(17)10-3-5-11(14)6-4-10/h3-8,13,17H,2,9H2,1H3. The Balaban J connectivity index is 2.26. The fraction of sp³-hybridized carbons (Fsp3) is 0.308. The van der Waals surface area contributed by atoms with Gasteiger partial charge < -0.3 is 5.11 Å². The predicted octanol–water partition coefficient (Wildman–Crippen LogP) is 2.98. The molecule has 3 nitrogen and oxygen atoms in total. The number of rotatable bonds is 4. The van der Waals surface area contributed by atoms with Gasteiger partial charge in [0.15, 0.2) is 0 Å². The van der Waals surface area contributed by atoms with E-state index in [-0.39, 0.29) is 0 Å². The van der Waals surface area contributed by atoms with Crippen LogP contribution in [0.15, 0.2) is 36.5 Å². The molecule has 1 atom stereocenters. The number of aliphatic hydroxyl groups excluding tert-OH is 1. The van der Waals surface area contributed by atoms with E-state index in [1.54, 1.807) is 6.20 Å². The van der Waals surface area contributed by atoms with Gasteiger partial charge in [-0.15, -0.1) is 0 Å². The molecule has 0 spiro atoms. The van der Waals surface area contributed by atoms with Gasteiger partial charge in [0.2, 0.25) is 0 Å². The fourth-order valence-electron chi connectivity index (χ4n) is 1.79. The van der Waals surface area contributed by atoms with Crippen LogP contribution < -0.4 is 0 Å². The van der Waals surface area contributed by atoms with E-state index >= 15 is 0 Å². The molecule has 0 aliphatic heterocycles. The van der Waals surface area contributed by atoms with Crippen LogP contribution in [0, 0.1) is 3.57 Å². The summed E-state index contributed by atoms with van der Waals surface area (Å²) in [7, 11) is 0. The minimum absolute atomic E-state index is 0.596. The van der Waals surface area contributed by atoms with Gasteiger partial charge >= 0.3 is 0 Å². The lowest BCUT2D eigenvalue weighted by atomic mass is 10.1. The molecule has 2 rings (SSSR count). The lowest BCUT2D eigenvalue weighted by Crippen LogP contribution is -2.10. The minimum atomic E-state index is -0.596. The van der Waals surface area contributed by atoms with Crippen molar-refractivity contribution in [1.29, 1.82) is 0 Å². The second-order valence-electron chi connectivity index (χ2n) is 3.93. The first kappa shape index (κ1) is 12.6. The first-order chi connectivity index (χ1) is 8.22. The molecule has 0 bridgehead atoms. The zero-order valence-corrected chi connectivity index (χ0v) is 11.8. The van der Waals surface area contributed by atoms with Crippen molar-refractivity contribution in [3.8, 4) is 0 Å². The number of aromatic nitrogens is 2. The van der Waals surface area contributed by atoms with Crippen LogP contribution in [0.3, 0.4) is 0 Å². The van der Waals surface area contributed by atoms with Crippen LogP contribution in [-0.2, 0) is 6.54 Å².